The molecule has 184 valence electrons. The monoisotopic (exact) mass is 503 g/mol. The van der Waals surface area contributed by atoms with E-state index in [1.165, 1.54) is 0 Å². The van der Waals surface area contributed by atoms with Gasteiger partial charge in [-0.1, -0.05) is 53.8 Å². The van der Waals surface area contributed by atoms with Gasteiger partial charge in [-0.25, -0.2) is 9.37 Å². The van der Waals surface area contributed by atoms with Crippen LogP contribution in [0.3, 0.4) is 0 Å². The Hall–Kier alpha value is -3.82. The first-order valence-electron chi connectivity index (χ1n) is 11.8. The number of hydrogen-bond donors (Lipinski definition) is 3. The molecule has 1 fully saturated rings. The van der Waals surface area contributed by atoms with Crippen molar-refractivity contribution in [3.63, 3.8) is 0 Å². The first kappa shape index (κ1) is 23.9. The number of halogens is 1. The van der Waals surface area contributed by atoms with E-state index in [1.807, 2.05) is 54.6 Å². The lowest BCUT2D eigenvalue weighted by atomic mass is 10.1. The van der Waals surface area contributed by atoms with Gasteiger partial charge in [-0.15, -0.1) is 0 Å². The van der Waals surface area contributed by atoms with Crippen LogP contribution in [0.15, 0.2) is 66.7 Å². The molecule has 2 heterocycles. The topological polar surface area (TPSA) is 100 Å². The number of nitrogens with two attached hydrogens (primary N) is 1. The van der Waals surface area contributed by atoms with Crippen molar-refractivity contribution in [3.05, 3.63) is 83.6 Å². The average molecular weight is 504 g/mol. The molecule has 4 aromatic rings. The minimum atomic E-state index is -0.722. The van der Waals surface area contributed by atoms with E-state index in [2.05, 4.69) is 20.5 Å². The largest absolute Gasteiger partial charge is 0.364 e. The third-order valence-electron chi connectivity index (χ3n) is 6.23. The van der Waals surface area contributed by atoms with Crippen LogP contribution in [0.25, 0.3) is 10.8 Å². The number of carbonyl (C=O) groups is 2. The number of rotatable bonds is 7. The van der Waals surface area contributed by atoms with Gasteiger partial charge in [-0.05, 0) is 53.4 Å². The van der Waals surface area contributed by atoms with Gasteiger partial charge in [0.25, 0.3) is 11.8 Å². The molecular formula is C27H26FN5O2S. The number of fused-ring (bicyclic) bond motifs is 1. The van der Waals surface area contributed by atoms with Crippen LogP contribution in [0.1, 0.15) is 39.3 Å². The highest BCUT2D eigenvalue weighted by molar-refractivity contribution is 7.20. The molecule has 0 saturated carbocycles. The summed E-state index contributed by atoms with van der Waals surface area (Å²) in [4.78, 5) is 31.4. The van der Waals surface area contributed by atoms with Crippen LogP contribution in [0.4, 0.5) is 20.2 Å². The maximum absolute atomic E-state index is 13.4. The predicted molar refractivity (Wildman–Crippen MR) is 142 cm³/mol. The number of thiazole rings is 1. The van der Waals surface area contributed by atoms with Gasteiger partial charge in [-0.3, -0.25) is 14.5 Å². The van der Waals surface area contributed by atoms with Gasteiger partial charge >= 0.3 is 0 Å². The van der Waals surface area contributed by atoms with Crippen LogP contribution in [-0.4, -0.2) is 41.0 Å². The number of nitrogens with zero attached hydrogens (tertiary/aromatic N) is 2. The maximum Gasteiger partial charge on any atom is 0.270 e. The second-order valence-corrected chi connectivity index (χ2v) is 9.85. The Morgan fingerprint density at radius 2 is 1.75 bits per heavy atom. The molecule has 1 aliphatic rings. The number of aromatic nitrogens is 1. The van der Waals surface area contributed by atoms with Gasteiger partial charge in [0, 0.05) is 30.9 Å². The summed E-state index contributed by atoms with van der Waals surface area (Å²) in [7, 11) is 0. The van der Waals surface area contributed by atoms with Crippen molar-refractivity contribution >= 4 is 49.7 Å². The Labute approximate surface area is 212 Å². The minimum Gasteiger partial charge on any atom is -0.364 e. The number of alkyl halides is 1. The Morgan fingerprint density at radius 1 is 1.03 bits per heavy atom. The van der Waals surface area contributed by atoms with Gasteiger partial charge < -0.3 is 16.4 Å². The number of likely N-dealkylation sites (tertiary alicyclic amines) is 1. The summed E-state index contributed by atoms with van der Waals surface area (Å²) in [6.07, 6.45) is 0.428. The Kier molecular flexibility index (Phi) is 6.92. The first-order valence-corrected chi connectivity index (χ1v) is 12.6. The smallest absolute Gasteiger partial charge is 0.270 e. The van der Waals surface area contributed by atoms with E-state index in [9.17, 15) is 14.0 Å². The van der Waals surface area contributed by atoms with E-state index < -0.39 is 12.1 Å². The molecule has 1 saturated heterocycles. The quantitative estimate of drug-likeness (QED) is 0.317. The third-order valence-corrected chi connectivity index (χ3v) is 7.11. The maximum atomic E-state index is 13.4. The third kappa shape index (κ3) is 5.53. The van der Waals surface area contributed by atoms with Gasteiger partial charge in [0.1, 0.15) is 11.2 Å². The van der Waals surface area contributed by atoms with Crippen LogP contribution in [0, 0.1) is 0 Å². The molecule has 0 aliphatic carbocycles. The normalized spacial score (nSPS) is 14.6. The van der Waals surface area contributed by atoms with E-state index in [-0.39, 0.29) is 16.6 Å². The van der Waals surface area contributed by atoms with E-state index >= 15 is 0 Å². The zero-order chi connectivity index (χ0) is 25.1. The highest BCUT2D eigenvalue weighted by Gasteiger charge is 2.20. The summed E-state index contributed by atoms with van der Waals surface area (Å²) < 4.78 is 13.4. The number of anilines is 3. The van der Waals surface area contributed by atoms with Gasteiger partial charge in [0.05, 0.1) is 0 Å². The second kappa shape index (κ2) is 10.4. The number of hydrogen-bond acceptors (Lipinski definition) is 6. The molecule has 36 heavy (non-hydrogen) atoms. The molecule has 1 aromatic heterocycles. The SMILES string of the molecule is NC(=O)c1nc(Nc2ccc3ccccc3c2)sc1NC(=O)c1ccc(CN2CCC(F)CC2)cc1. The Bertz CT molecular complexity index is 1400. The molecule has 9 heteroatoms. The van der Waals surface area contributed by atoms with Crippen molar-refractivity contribution in [1.29, 1.82) is 0 Å². The number of benzene rings is 3. The molecule has 4 N–H and O–H groups in total. The lowest BCUT2D eigenvalue weighted by molar-refractivity contribution is 0.0997. The van der Waals surface area contributed by atoms with Gasteiger partial charge in [0.2, 0.25) is 0 Å². The summed E-state index contributed by atoms with van der Waals surface area (Å²) >= 11 is 1.15. The number of carbonyl (C=O) groups excluding carboxylic acids is 2. The lowest BCUT2D eigenvalue weighted by Crippen LogP contribution is -2.33. The molecule has 0 bridgehead atoms. The average Bonchev–Trinajstić information content (AvgIpc) is 3.28. The molecule has 2 amide bonds. The van der Waals surface area contributed by atoms with Crippen LogP contribution in [-0.2, 0) is 6.54 Å². The first-order chi connectivity index (χ1) is 17.4. The fourth-order valence-corrected chi connectivity index (χ4v) is 5.16. The summed E-state index contributed by atoms with van der Waals surface area (Å²) in [5, 5.41) is 8.88. The molecule has 0 unspecified atom stereocenters. The van der Waals surface area contributed by atoms with Gasteiger partial charge in [-0.2, -0.15) is 0 Å². The number of primary amides is 1. The molecule has 0 radical (unpaired) electrons. The van der Waals surface area contributed by atoms with Gasteiger partial charge in [0.15, 0.2) is 10.8 Å². The van der Waals surface area contributed by atoms with Crippen molar-refractivity contribution in [1.82, 2.24) is 9.88 Å². The van der Waals surface area contributed by atoms with Crippen molar-refractivity contribution in [2.45, 2.75) is 25.6 Å². The van der Waals surface area contributed by atoms with Crippen molar-refractivity contribution in [3.8, 4) is 0 Å². The Morgan fingerprint density at radius 3 is 2.47 bits per heavy atom. The van der Waals surface area contributed by atoms with Crippen LogP contribution in [0.2, 0.25) is 0 Å². The molecule has 0 spiro atoms. The fourth-order valence-electron chi connectivity index (χ4n) is 4.27. The molecule has 5 rings (SSSR count). The number of nitrogens with one attached hydrogen (secondary N) is 2. The molecule has 0 atom stereocenters. The zero-order valence-corrected chi connectivity index (χ0v) is 20.4. The minimum absolute atomic E-state index is 0.00419. The van der Waals surface area contributed by atoms with Crippen molar-refractivity contribution in [2.24, 2.45) is 5.73 Å². The fraction of sp³-hybridized carbons (Fsp3) is 0.222. The molecule has 1 aliphatic heterocycles. The summed E-state index contributed by atoms with van der Waals surface area (Å²) in [6, 6.07) is 21.2. The lowest BCUT2D eigenvalue weighted by Gasteiger charge is -2.28. The highest BCUT2D eigenvalue weighted by atomic mass is 32.1. The second-order valence-electron chi connectivity index (χ2n) is 8.85. The molecule has 7 nitrogen and oxygen atoms in total. The van der Waals surface area contributed by atoms with E-state index in [1.54, 1.807) is 12.1 Å². The molecule has 3 aromatic carbocycles. The highest BCUT2D eigenvalue weighted by Crippen LogP contribution is 2.32. The number of piperidine rings is 1. The zero-order valence-electron chi connectivity index (χ0n) is 19.5. The standard InChI is InChI=1S/C27H26FN5O2S/c28-21-11-13-33(14-12-21)16-17-5-7-19(8-6-17)25(35)32-26-23(24(29)34)31-27(36-26)30-22-10-9-18-3-1-2-4-20(18)15-22/h1-10,15,21H,11-14,16H2,(H2,29,34)(H,30,31)(H,32,35). The van der Waals surface area contributed by atoms with Crippen molar-refractivity contribution < 1.29 is 14.0 Å². The van der Waals surface area contributed by atoms with Crippen LogP contribution in [0.5, 0.6) is 0 Å². The van der Waals surface area contributed by atoms with E-state index in [0.29, 0.717) is 23.5 Å². The van der Waals surface area contributed by atoms with Crippen LogP contribution >= 0.6 is 11.3 Å². The summed E-state index contributed by atoms with van der Waals surface area (Å²) in [5.74, 6) is -1.08. The summed E-state index contributed by atoms with van der Waals surface area (Å²) in [6.45, 7) is 2.19. The number of amides is 2. The van der Waals surface area contributed by atoms with Crippen molar-refractivity contribution in [2.75, 3.05) is 23.7 Å². The van der Waals surface area contributed by atoms with E-state index in [0.717, 1.165) is 53.0 Å². The Balaban J connectivity index is 1.27. The molecular weight excluding hydrogens is 477 g/mol. The summed E-state index contributed by atoms with van der Waals surface area (Å²) in [5.41, 5.74) is 7.85. The van der Waals surface area contributed by atoms with E-state index in [4.69, 9.17) is 5.73 Å². The predicted octanol–water partition coefficient (Wildman–Crippen LogP) is 5.33. The van der Waals surface area contributed by atoms with Crippen LogP contribution < -0.4 is 16.4 Å².